The topological polar surface area (TPSA) is 51.2 Å². The Balaban J connectivity index is 1.72. The van der Waals surface area contributed by atoms with Crippen molar-refractivity contribution in [3.8, 4) is 11.5 Å². The zero-order chi connectivity index (χ0) is 15.6. The minimum atomic E-state index is -0.426. The van der Waals surface area contributed by atoms with Gasteiger partial charge in [-0.1, -0.05) is 6.07 Å². The second kappa shape index (κ2) is 6.44. The summed E-state index contributed by atoms with van der Waals surface area (Å²) in [7, 11) is 3.34. The van der Waals surface area contributed by atoms with E-state index in [9.17, 15) is 5.11 Å². The van der Waals surface area contributed by atoms with Gasteiger partial charge in [-0.05, 0) is 31.4 Å². The van der Waals surface area contributed by atoms with Crippen LogP contribution in [-0.4, -0.2) is 55.6 Å². The van der Waals surface area contributed by atoms with Crippen LogP contribution in [0.25, 0.3) is 0 Å². The molecule has 0 saturated carbocycles. The summed E-state index contributed by atoms with van der Waals surface area (Å²) in [6.07, 6.45) is 2.48. The molecule has 0 unspecified atom stereocenters. The van der Waals surface area contributed by atoms with Crippen LogP contribution in [-0.2, 0) is 11.3 Å². The number of aliphatic hydroxyl groups is 1. The molecule has 0 amide bonds. The zero-order valence-electron chi connectivity index (χ0n) is 13.4. The van der Waals surface area contributed by atoms with Crippen molar-refractivity contribution in [1.29, 1.82) is 0 Å². The Morgan fingerprint density at radius 3 is 2.55 bits per heavy atom. The smallest absolute Gasteiger partial charge is 0.127 e. The van der Waals surface area contributed by atoms with Gasteiger partial charge in [-0.2, -0.15) is 0 Å². The van der Waals surface area contributed by atoms with Crippen LogP contribution in [0.5, 0.6) is 11.5 Å². The van der Waals surface area contributed by atoms with Crippen LogP contribution < -0.4 is 9.47 Å². The van der Waals surface area contributed by atoms with Crippen molar-refractivity contribution in [3.63, 3.8) is 0 Å². The van der Waals surface area contributed by atoms with E-state index in [2.05, 4.69) is 4.90 Å². The first-order valence-corrected chi connectivity index (χ1v) is 7.93. The summed E-state index contributed by atoms with van der Waals surface area (Å²) < 4.78 is 16.8. The maximum atomic E-state index is 10.5. The lowest BCUT2D eigenvalue weighted by Crippen LogP contribution is -2.54. The molecular formula is C17H25NO4. The maximum Gasteiger partial charge on any atom is 0.127 e. The van der Waals surface area contributed by atoms with Crippen molar-refractivity contribution in [2.75, 3.05) is 33.9 Å². The van der Waals surface area contributed by atoms with Crippen LogP contribution in [0.15, 0.2) is 18.2 Å². The maximum absolute atomic E-state index is 10.5. The van der Waals surface area contributed by atoms with Crippen LogP contribution in [0.1, 0.15) is 24.8 Å². The quantitative estimate of drug-likeness (QED) is 0.919. The molecule has 0 aromatic heterocycles. The number of hydrogen-bond donors (Lipinski definition) is 1. The Morgan fingerprint density at radius 1 is 1.27 bits per heavy atom. The minimum absolute atomic E-state index is 0.304. The van der Waals surface area contributed by atoms with E-state index in [1.807, 2.05) is 18.2 Å². The highest BCUT2D eigenvalue weighted by atomic mass is 16.5. The highest BCUT2D eigenvalue weighted by Gasteiger charge is 2.45. The molecule has 0 aliphatic carbocycles. The van der Waals surface area contributed by atoms with E-state index in [0.717, 1.165) is 49.5 Å². The highest BCUT2D eigenvalue weighted by Crippen LogP contribution is 2.37. The molecule has 2 saturated heterocycles. The van der Waals surface area contributed by atoms with Gasteiger partial charge >= 0.3 is 0 Å². The van der Waals surface area contributed by atoms with Crippen molar-refractivity contribution < 1.29 is 19.3 Å². The van der Waals surface area contributed by atoms with E-state index < -0.39 is 6.10 Å². The number of likely N-dealkylation sites (tertiary alicyclic amines) is 1. The number of piperidine rings is 1. The van der Waals surface area contributed by atoms with Gasteiger partial charge in [-0.25, -0.2) is 0 Å². The van der Waals surface area contributed by atoms with Crippen molar-refractivity contribution in [2.45, 2.75) is 37.5 Å². The Bertz CT molecular complexity index is 491. The summed E-state index contributed by atoms with van der Waals surface area (Å²) in [5.41, 5.74) is 0.726. The van der Waals surface area contributed by atoms with Gasteiger partial charge in [0.25, 0.3) is 0 Å². The summed E-state index contributed by atoms with van der Waals surface area (Å²) >= 11 is 0. The number of aliphatic hydroxyl groups excluding tert-OH is 1. The van der Waals surface area contributed by atoms with Gasteiger partial charge in [0.05, 0.1) is 31.5 Å². The Kier molecular flexibility index (Phi) is 4.57. The molecule has 2 heterocycles. The second-order valence-electron chi connectivity index (χ2n) is 6.16. The Morgan fingerprint density at radius 2 is 2.00 bits per heavy atom. The van der Waals surface area contributed by atoms with Gasteiger partial charge in [0, 0.05) is 26.2 Å². The molecule has 2 atom stereocenters. The molecule has 2 fully saturated rings. The van der Waals surface area contributed by atoms with E-state index in [-0.39, 0.29) is 5.60 Å². The van der Waals surface area contributed by atoms with E-state index in [1.54, 1.807) is 14.2 Å². The molecule has 0 radical (unpaired) electrons. The number of methoxy groups -OCH3 is 2. The predicted molar refractivity (Wildman–Crippen MR) is 83.4 cm³/mol. The molecule has 2 aliphatic rings. The molecule has 3 rings (SSSR count). The van der Waals surface area contributed by atoms with Crippen LogP contribution in [0.2, 0.25) is 0 Å². The first kappa shape index (κ1) is 15.6. The lowest BCUT2D eigenvalue weighted by Gasteiger charge is -2.42. The predicted octanol–water partition coefficient (Wildman–Crippen LogP) is 1.82. The minimum Gasteiger partial charge on any atom is -0.496 e. The van der Waals surface area contributed by atoms with Gasteiger partial charge < -0.3 is 19.3 Å². The van der Waals surface area contributed by atoms with E-state index in [0.29, 0.717) is 13.1 Å². The van der Waals surface area contributed by atoms with Crippen LogP contribution in [0.4, 0.5) is 0 Å². The van der Waals surface area contributed by atoms with Crippen LogP contribution in [0.3, 0.4) is 0 Å². The molecule has 1 aromatic rings. The lowest BCUT2D eigenvalue weighted by molar-refractivity contribution is -0.130. The molecule has 5 heteroatoms. The average molecular weight is 307 g/mol. The van der Waals surface area contributed by atoms with Gasteiger partial charge in [-0.15, -0.1) is 0 Å². The van der Waals surface area contributed by atoms with Crippen molar-refractivity contribution in [1.82, 2.24) is 4.90 Å². The standard InChI is InChI=1S/C17H25NO4/c1-20-14-5-3-6-15(21-2)13(14)11-18-9-8-17(16(19)12-18)7-4-10-22-17/h3,5-6,16,19H,4,7-12H2,1-2H3/t16-,17-/m0/s1. The van der Waals surface area contributed by atoms with Crippen molar-refractivity contribution >= 4 is 0 Å². The number of ether oxygens (including phenoxy) is 3. The second-order valence-corrected chi connectivity index (χ2v) is 6.16. The molecule has 1 N–H and O–H groups in total. The van der Waals surface area contributed by atoms with Crippen LogP contribution >= 0.6 is 0 Å². The molecule has 122 valence electrons. The third-order valence-corrected chi connectivity index (χ3v) is 4.94. The lowest BCUT2D eigenvalue weighted by atomic mass is 9.86. The molecule has 22 heavy (non-hydrogen) atoms. The first-order valence-electron chi connectivity index (χ1n) is 7.93. The van der Waals surface area contributed by atoms with Gasteiger partial charge in [-0.3, -0.25) is 4.90 Å². The zero-order valence-corrected chi connectivity index (χ0v) is 13.4. The molecule has 0 bridgehead atoms. The monoisotopic (exact) mass is 307 g/mol. The number of rotatable bonds is 4. The first-order chi connectivity index (χ1) is 10.7. The SMILES string of the molecule is COc1cccc(OC)c1CN1CC[C@@]2(CCCO2)[C@@H](O)C1. The number of hydrogen-bond acceptors (Lipinski definition) is 5. The molecular weight excluding hydrogens is 282 g/mol. The van der Waals surface area contributed by atoms with Crippen molar-refractivity contribution in [2.24, 2.45) is 0 Å². The Hall–Kier alpha value is -1.30. The van der Waals surface area contributed by atoms with Gasteiger partial charge in [0.15, 0.2) is 0 Å². The molecule has 1 spiro atoms. The fraction of sp³-hybridized carbons (Fsp3) is 0.647. The number of benzene rings is 1. The third-order valence-electron chi connectivity index (χ3n) is 4.94. The van der Waals surface area contributed by atoms with E-state index in [4.69, 9.17) is 14.2 Å². The Labute approximate surface area is 131 Å². The largest absolute Gasteiger partial charge is 0.496 e. The average Bonchev–Trinajstić information content (AvgIpc) is 3.01. The van der Waals surface area contributed by atoms with Gasteiger partial charge in [0.1, 0.15) is 11.5 Å². The molecule has 2 aliphatic heterocycles. The van der Waals surface area contributed by atoms with Crippen molar-refractivity contribution in [3.05, 3.63) is 23.8 Å². The molecule has 1 aromatic carbocycles. The van der Waals surface area contributed by atoms with Gasteiger partial charge in [0.2, 0.25) is 0 Å². The summed E-state index contributed by atoms with van der Waals surface area (Å²) in [5, 5.41) is 10.5. The normalized spacial score (nSPS) is 29.0. The highest BCUT2D eigenvalue weighted by molar-refractivity contribution is 5.44. The summed E-state index contributed by atoms with van der Waals surface area (Å²) in [6, 6.07) is 5.81. The third kappa shape index (κ3) is 2.81. The van der Waals surface area contributed by atoms with E-state index >= 15 is 0 Å². The summed E-state index contributed by atoms with van der Waals surface area (Å²) in [6.45, 7) is 3.02. The number of β-amino-alcohol motifs (C(OH)–C–C–N with tert-alkyl or cyclic N) is 1. The van der Waals surface area contributed by atoms with Crippen LogP contribution in [0, 0.1) is 0 Å². The summed E-state index contributed by atoms with van der Waals surface area (Å²) in [4.78, 5) is 2.25. The van der Waals surface area contributed by atoms with E-state index in [1.165, 1.54) is 0 Å². The summed E-state index contributed by atoms with van der Waals surface area (Å²) in [5.74, 6) is 1.65. The molecule has 5 nitrogen and oxygen atoms in total. The fourth-order valence-corrected chi connectivity index (χ4v) is 3.65. The fourth-order valence-electron chi connectivity index (χ4n) is 3.65. The number of nitrogens with zero attached hydrogens (tertiary/aromatic N) is 1.